The summed E-state index contributed by atoms with van der Waals surface area (Å²) in [5, 5.41) is 12.6. The van der Waals surface area contributed by atoms with Gasteiger partial charge in [0.05, 0.1) is 17.1 Å². The van der Waals surface area contributed by atoms with Crippen LogP contribution in [0.25, 0.3) is 0 Å². The number of anilines is 1. The first kappa shape index (κ1) is 16.1. The second-order valence-electron chi connectivity index (χ2n) is 4.98. The van der Waals surface area contributed by atoms with Gasteiger partial charge >= 0.3 is 0 Å². The third-order valence-corrected chi connectivity index (χ3v) is 3.72. The van der Waals surface area contributed by atoms with Gasteiger partial charge in [-0.2, -0.15) is 0 Å². The third-order valence-electron chi connectivity index (χ3n) is 2.85. The summed E-state index contributed by atoms with van der Waals surface area (Å²) in [5.74, 6) is -0.0613. The van der Waals surface area contributed by atoms with E-state index in [1.807, 2.05) is 13.8 Å². The minimum Gasteiger partial charge on any atom is -0.506 e. The minimum atomic E-state index is -0.288. The Morgan fingerprint density at radius 3 is 2.82 bits per heavy atom. The number of nitrogens with zero attached hydrogens (tertiary/aromatic N) is 1. The van der Waals surface area contributed by atoms with Crippen molar-refractivity contribution in [3.63, 3.8) is 0 Å². The lowest BCUT2D eigenvalue weighted by atomic mass is 10.1. The topological polar surface area (TPSA) is 95.1 Å². The van der Waals surface area contributed by atoms with Crippen LogP contribution in [0.4, 0.5) is 5.69 Å². The molecule has 0 aliphatic heterocycles. The van der Waals surface area contributed by atoms with E-state index in [1.165, 1.54) is 12.1 Å². The van der Waals surface area contributed by atoms with Crippen LogP contribution in [0.2, 0.25) is 0 Å². The number of aromatic amines is 1. The standard InChI is InChI=1S/C15H17N3O3S/c1-9(2)11-7-13(20)18-15(17-11)22-8-14(21)16-10-5-3-4-6-12(10)19/h3-7,9,19H,8H2,1-2H3,(H,16,21)(H,17,18,20). The van der Waals surface area contributed by atoms with Crippen LogP contribution in [0.5, 0.6) is 5.75 Å². The largest absolute Gasteiger partial charge is 0.506 e. The molecule has 6 nitrogen and oxygen atoms in total. The van der Waals surface area contributed by atoms with Crippen molar-refractivity contribution in [1.29, 1.82) is 0 Å². The highest BCUT2D eigenvalue weighted by atomic mass is 32.2. The molecule has 2 aromatic rings. The van der Waals surface area contributed by atoms with E-state index in [0.29, 0.717) is 16.5 Å². The summed E-state index contributed by atoms with van der Waals surface area (Å²) in [6.07, 6.45) is 0. The predicted molar refractivity (Wildman–Crippen MR) is 86.4 cm³/mol. The number of benzene rings is 1. The highest BCUT2D eigenvalue weighted by molar-refractivity contribution is 7.99. The molecule has 0 bridgehead atoms. The summed E-state index contributed by atoms with van der Waals surface area (Å²) >= 11 is 1.14. The van der Waals surface area contributed by atoms with Gasteiger partial charge in [0, 0.05) is 6.07 Å². The van der Waals surface area contributed by atoms with Gasteiger partial charge in [0.25, 0.3) is 5.56 Å². The fourth-order valence-corrected chi connectivity index (χ4v) is 2.40. The number of rotatable bonds is 5. The first-order valence-electron chi connectivity index (χ1n) is 6.77. The third kappa shape index (κ3) is 4.36. The maximum absolute atomic E-state index is 11.9. The van der Waals surface area contributed by atoms with Crippen LogP contribution in [0.15, 0.2) is 40.3 Å². The van der Waals surface area contributed by atoms with Crippen molar-refractivity contribution in [1.82, 2.24) is 9.97 Å². The molecular formula is C15H17N3O3S. The van der Waals surface area contributed by atoms with Gasteiger partial charge in [-0.1, -0.05) is 37.7 Å². The summed E-state index contributed by atoms with van der Waals surface area (Å²) < 4.78 is 0. The van der Waals surface area contributed by atoms with Gasteiger partial charge in [0.1, 0.15) is 5.75 Å². The summed E-state index contributed by atoms with van der Waals surface area (Å²) in [6, 6.07) is 7.95. The second-order valence-corrected chi connectivity index (χ2v) is 5.95. The molecule has 116 valence electrons. The number of carbonyl (C=O) groups is 1. The number of H-pyrrole nitrogens is 1. The monoisotopic (exact) mass is 319 g/mol. The summed E-state index contributed by atoms with van der Waals surface area (Å²) in [7, 11) is 0. The van der Waals surface area contributed by atoms with Gasteiger partial charge in [-0.25, -0.2) is 4.98 Å². The molecule has 0 unspecified atom stereocenters. The first-order chi connectivity index (χ1) is 10.5. The Labute approximate surface area is 132 Å². The zero-order chi connectivity index (χ0) is 16.1. The lowest BCUT2D eigenvalue weighted by Gasteiger charge is -2.08. The number of carbonyl (C=O) groups excluding carboxylic acids is 1. The zero-order valence-corrected chi connectivity index (χ0v) is 13.1. The molecular weight excluding hydrogens is 302 g/mol. The minimum absolute atomic E-state index is 0.00851. The lowest BCUT2D eigenvalue weighted by molar-refractivity contribution is -0.113. The molecule has 0 saturated carbocycles. The molecule has 7 heteroatoms. The number of hydrogen-bond acceptors (Lipinski definition) is 5. The Kier molecular flexibility index (Phi) is 5.21. The van der Waals surface area contributed by atoms with Crippen molar-refractivity contribution < 1.29 is 9.90 Å². The number of aromatic hydroxyl groups is 1. The van der Waals surface area contributed by atoms with E-state index < -0.39 is 0 Å². The van der Waals surface area contributed by atoms with Crippen LogP contribution in [0.1, 0.15) is 25.5 Å². The van der Waals surface area contributed by atoms with Gasteiger partial charge in [0.15, 0.2) is 5.16 Å². The molecule has 0 atom stereocenters. The van der Waals surface area contributed by atoms with Crippen molar-refractivity contribution in [2.45, 2.75) is 24.9 Å². The van der Waals surface area contributed by atoms with Crippen molar-refractivity contribution in [2.75, 3.05) is 11.1 Å². The van der Waals surface area contributed by atoms with E-state index in [9.17, 15) is 14.7 Å². The number of thioether (sulfide) groups is 1. The average molecular weight is 319 g/mol. The zero-order valence-electron chi connectivity index (χ0n) is 12.3. The molecule has 0 aliphatic carbocycles. The van der Waals surface area contributed by atoms with E-state index in [4.69, 9.17) is 0 Å². The summed E-state index contributed by atoms with van der Waals surface area (Å²) in [4.78, 5) is 30.3. The molecule has 0 saturated heterocycles. The number of amides is 1. The Morgan fingerprint density at radius 1 is 1.41 bits per heavy atom. The van der Waals surface area contributed by atoms with E-state index >= 15 is 0 Å². The summed E-state index contributed by atoms with van der Waals surface area (Å²) in [6.45, 7) is 3.89. The quantitative estimate of drug-likeness (QED) is 0.447. The van der Waals surface area contributed by atoms with Crippen LogP contribution >= 0.6 is 11.8 Å². The Morgan fingerprint density at radius 2 is 2.14 bits per heavy atom. The van der Waals surface area contributed by atoms with Crippen LogP contribution < -0.4 is 10.9 Å². The van der Waals surface area contributed by atoms with Crippen LogP contribution in [0, 0.1) is 0 Å². The second kappa shape index (κ2) is 7.13. The molecule has 22 heavy (non-hydrogen) atoms. The highest BCUT2D eigenvalue weighted by Gasteiger charge is 2.09. The molecule has 0 aliphatic rings. The van der Waals surface area contributed by atoms with Crippen LogP contribution in [-0.2, 0) is 4.79 Å². The van der Waals surface area contributed by atoms with Gasteiger partial charge in [-0.3, -0.25) is 9.59 Å². The van der Waals surface area contributed by atoms with Gasteiger partial charge < -0.3 is 15.4 Å². The van der Waals surface area contributed by atoms with E-state index in [0.717, 1.165) is 11.8 Å². The van der Waals surface area contributed by atoms with Crippen LogP contribution in [0.3, 0.4) is 0 Å². The van der Waals surface area contributed by atoms with Gasteiger partial charge in [0.2, 0.25) is 5.91 Å². The Balaban J connectivity index is 2.00. The Hall–Kier alpha value is -2.28. The summed E-state index contributed by atoms with van der Waals surface area (Å²) in [5.41, 5.74) is 0.806. The molecule has 0 spiro atoms. The smallest absolute Gasteiger partial charge is 0.251 e. The molecule has 3 N–H and O–H groups in total. The predicted octanol–water partition coefficient (Wildman–Crippen LogP) is 2.33. The molecule has 2 rings (SSSR count). The number of aromatic nitrogens is 2. The lowest BCUT2D eigenvalue weighted by Crippen LogP contribution is -2.16. The Bertz CT molecular complexity index is 728. The van der Waals surface area contributed by atoms with E-state index in [2.05, 4.69) is 15.3 Å². The van der Waals surface area contributed by atoms with E-state index in [-0.39, 0.29) is 28.9 Å². The number of para-hydroxylation sites is 2. The fraction of sp³-hybridized carbons (Fsp3) is 0.267. The van der Waals surface area contributed by atoms with E-state index in [1.54, 1.807) is 18.2 Å². The molecule has 1 aromatic carbocycles. The van der Waals surface area contributed by atoms with Crippen molar-refractivity contribution in [2.24, 2.45) is 0 Å². The molecule has 0 fully saturated rings. The molecule has 1 aromatic heterocycles. The molecule has 1 heterocycles. The first-order valence-corrected chi connectivity index (χ1v) is 7.76. The number of hydrogen-bond donors (Lipinski definition) is 3. The van der Waals surface area contributed by atoms with Crippen LogP contribution in [-0.4, -0.2) is 26.7 Å². The SMILES string of the molecule is CC(C)c1cc(=O)[nH]c(SCC(=O)Nc2ccccc2O)n1. The number of nitrogens with one attached hydrogen (secondary N) is 2. The number of phenols is 1. The normalized spacial score (nSPS) is 10.7. The van der Waals surface area contributed by atoms with Gasteiger partial charge in [-0.05, 0) is 18.1 Å². The average Bonchev–Trinajstić information content (AvgIpc) is 2.47. The van der Waals surface area contributed by atoms with Gasteiger partial charge in [-0.15, -0.1) is 0 Å². The van der Waals surface area contributed by atoms with Crippen molar-refractivity contribution >= 4 is 23.4 Å². The van der Waals surface area contributed by atoms with Crippen molar-refractivity contribution in [3.05, 3.63) is 46.4 Å². The molecule has 0 radical (unpaired) electrons. The maximum Gasteiger partial charge on any atom is 0.251 e. The van der Waals surface area contributed by atoms with Crippen molar-refractivity contribution in [3.8, 4) is 5.75 Å². The fourth-order valence-electron chi connectivity index (χ4n) is 1.72. The maximum atomic E-state index is 11.9. The number of phenolic OH excluding ortho intramolecular Hbond substituents is 1. The highest BCUT2D eigenvalue weighted by Crippen LogP contribution is 2.22. The molecule has 1 amide bonds.